The predicted octanol–water partition coefficient (Wildman–Crippen LogP) is 2.32. The molecule has 0 fully saturated rings. The number of aliphatic carboxylic acids is 1. The van der Waals surface area contributed by atoms with Crippen molar-refractivity contribution >= 4 is 16.1 Å². The third kappa shape index (κ3) is 6.91. The zero-order valence-corrected chi connectivity index (χ0v) is 14.2. The lowest BCUT2D eigenvalue weighted by Crippen LogP contribution is -2.08. The highest BCUT2D eigenvalue weighted by molar-refractivity contribution is 7.86. The second kappa shape index (κ2) is 9.82. The van der Waals surface area contributed by atoms with Gasteiger partial charge >= 0.3 is 5.97 Å². The van der Waals surface area contributed by atoms with Gasteiger partial charge in [-0.15, -0.1) is 0 Å². The van der Waals surface area contributed by atoms with E-state index in [-0.39, 0.29) is 24.5 Å². The van der Waals surface area contributed by atoms with Crippen LogP contribution >= 0.6 is 0 Å². The first-order valence-electron chi connectivity index (χ1n) is 7.27. The average Bonchev–Trinajstić information content (AvgIpc) is 2.55. The van der Waals surface area contributed by atoms with E-state index < -0.39 is 16.1 Å². The van der Waals surface area contributed by atoms with Crippen molar-refractivity contribution in [3.05, 3.63) is 65.7 Å². The number of rotatable bonds is 6. The summed E-state index contributed by atoms with van der Waals surface area (Å²) in [7, 11) is -3.69. The minimum absolute atomic E-state index is 0.0531. The van der Waals surface area contributed by atoms with Gasteiger partial charge in [-0.2, -0.15) is 8.42 Å². The summed E-state index contributed by atoms with van der Waals surface area (Å²) in [6, 6.07) is 16.0. The molecule has 0 unspecified atom stereocenters. The minimum atomic E-state index is -3.69. The van der Waals surface area contributed by atoms with Crippen molar-refractivity contribution in [2.24, 2.45) is 5.73 Å². The maximum absolute atomic E-state index is 12.0. The largest absolute Gasteiger partial charge is 0.481 e. The van der Waals surface area contributed by atoms with Gasteiger partial charge in [-0.05, 0) is 24.1 Å². The van der Waals surface area contributed by atoms with Crippen molar-refractivity contribution in [3.8, 4) is 0 Å². The molecule has 2 aromatic carbocycles. The number of carbonyl (C=O) groups is 1. The van der Waals surface area contributed by atoms with Crippen LogP contribution in [0.5, 0.6) is 0 Å². The van der Waals surface area contributed by atoms with Crippen molar-refractivity contribution in [3.63, 3.8) is 0 Å². The highest BCUT2D eigenvalue weighted by Crippen LogP contribution is 2.18. The molecular weight excluding hydrogens is 330 g/mol. The SMILES string of the molecule is Cc1ccccc1S(=O)(=O)OCc1ccccc1.NCCC(=O)O. The summed E-state index contributed by atoms with van der Waals surface area (Å²) in [4.78, 5) is 9.74. The molecule has 0 aliphatic rings. The lowest BCUT2D eigenvalue weighted by Gasteiger charge is -2.07. The molecule has 3 N–H and O–H groups in total. The summed E-state index contributed by atoms with van der Waals surface area (Å²) in [6.45, 7) is 2.03. The summed E-state index contributed by atoms with van der Waals surface area (Å²) < 4.78 is 29.1. The molecule has 0 amide bonds. The molecule has 0 saturated carbocycles. The lowest BCUT2D eigenvalue weighted by atomic mass is 10.2. The third-order valence-electron chi connectivity index (χ3n) is 2.94. The normalized spacial score (nSPS) is 10.6. The van der Waals surface area contributed by atoms with E-state index in [1.54, 1.807) is 31.2 Å². The first kappa shape index (κ1) is 19.8. The number of nitrogens with two attached hydrogens (primary N) is 1. The van der Waals surface area contributed by atoms with Crippen LogP contribution in [0.15, 0.2) is 59.5 Å². The Morgan fingerprint density at radius 1 is 1.08 bits per heavy atom. The molecule has 0 bridgehead atoms. The van der Waals surface area contributed by atoms with Gasteiger partial charge in [-0.3, -0.25) is 8.98 Å². The van der Waals surface area contributed by atoms with E-state index in [1.807, 2.05) is 30.3 Å². The molecule has 0 saturated heterocycles. The Morgan fingerprint density at radius 2 is 1.67 bits per heavy atom. The van der Waals surface area contributed by atoms with Crippen LogP contribution in [0.3, 0.4) is 0 Å². The maximum atomic E-state index is 12.0. The first-order valence-corrected chi connectivity index (χ1v) is 8.68. The Labute approximate surface area is 142 Å². The molecule has 24 heavy (non-hydrogen) atoms. The molecule has 2 rings (SSSR count). The molecule has 7 heteroatoms. The highest BCUT2D eigenvalue weighted by atomic mass is 32.2. The van der Waals surface area contributed by atoms with E-state index in [0.29, 0.717) is 5.56 Å². The van der Waals surface area contributed by atoms with E-state index in [2.05, 4.69) is 0 Å². The Hall–Kier alpha value is -2.22. The smallest absolute Gasteiger partial charge is 0.304 e. The van der Waals surface area contributed by atoms with E-state index in [1.165, 1.54) is 0 Å². The van der Waals surface area contributed by atoms with Crippen LogP contribution in [0, 0.1) is 6.92 Å². The number of carboxylic acids is 1. The van der Waals surface area contributed by atoms with Crippen molar-refractivity contribution in [2.45, 2.75) is 24.8 Å². The zero-order chi connectivity index (χ0) is 18.0. The molecule has 0 aromatic heterocycles. The van der Waals surface area contributed by atoms with Gasteiger partial charge in [0.15, 0.2) is 0 Å². The fraction of sp³-hybridized carbons (Fsp3) is 0.235. The molecule has 0 aliphatic carbocycles. The van der Waals surface area contributed by atoms with Crippen LogP contribution in [-0.2, 0) is 25.7 Å². The minimum Gasteiger partial charge on any atom is -0.481 e. The van der Waals surface area contributed by atoms with Crippen LogP contribution < -0.4 is 5.73 Å². The first-order chi connectivity index (χ1) is 11.4. The Balaban J connectivity index is 0.000000413. The molecule has 130 valence electrons. The fourth-order valence-electron chi connectivity index (χ4n) is 1.74. The van der Waals surface area contributed by atoms with Gasteiger partial charge in [-0.1, -0.05) is 48.5 Å². The van der Waals surface area contributed by atoms with Crippen LogP contribution in [0.2, 0.25) is 0 Å². The molecule has 0 radical (unpaired) electrons. The van der Waals surface area contributed by atoms with Crippen molar-refractivity contribution < 1.29 is 22.5 Å². The van der Waals surface area contributed by atoms with Gasteiger partial charge in [0.25, 0.3) is 10.1 Å². The zero-order valence-electron chi connectivity index (χ0n) is 13.4. The molecule has 0 atom stereocenters. The fourth-order valence-corrected chi connectivity index (χ4v) is 2.87. The van der Waals surface area contributed by atoms with Crippen LogP contribution in [0.25, 0.3) is 0 Å². The summed E-state index contributed by atoms with van der Waals surface area (Å²) in [6.07, 6.45) is 0.0694. The number of hydrogen-bond donors (Lipinski definition) is 2. The second-order valence-corrected chi connectivity index (χ2v) is 6.48. The second-order valence-electron chi connectivity index (χ2n) is 4.90. The standard InChI is InChI=1S/C14H14O3S.C3H7NO2/c1-12-7-5-6-10-14(12)18(15,16)17-11-13-8-3-2-4-9-13;4-2-1-3(5)6/h2-10H,11H2,1H3;1-2,4H2,(H,5,6). The summed E-state index contributed by atoms with van der Waals surface area (Å²) >= 11 is 0. The van der Waals surface area contributed by atoms with Gasteiger partial charge < -0.3 is 10.8 Å². The molecule has 2 aromatic rings. The van der Waals surface area contributed by atoms with E-state index in [4.69, 9.17) is 15.0 Å². The summed E-state index contributed by atoms with van der Waals surface area (Å²) in [5.74, 6) is -0.836. The number of aryl methyl sites for hydroxylation is 1. The average molecular weight is 351 g/mol. The predicted molar refractivity (Wildman–Crippen MR) is 90.9 cm³/mol. The Kier molecular flexibility index (Phi) is 8.11. The van der Waals surface area contributed by atoms with Crippen LogP contribution in [0.1, 0.15) is 17.5 Å². The Morgan fingerprint density at radius 3 is 2.17 bits per heavy atom. The monoisotopic (exact) mass is 351 g/mol. The van der Waals surface area contributed by atoms with Gasteiger partial charge in [0.05, 0.1) is 17.9 Å². The highest BCUT2D eigenvalue weighted by Gasteiger charge is 2.17. The van der Waals surface area contributed by atoms with Gasteiger partial charge in [-0.25, -0.2) is 0 Å². The molecular formula is C17H21NO5S. The van der Waals surface area contributed by atoms with Crippen LogP contribution in [-0.4, -0.2) is 26.0 Å². The molecule has 0 heterocycles. The summed E-state index contributed by atoms with van der Waals surface area (Å²) in [5.41, 5.74) is 6.36. The molecule has 0 aliphatic heterocycles. The maximum Gasteiger partial charge on any atom is 0.304 e. The quantitative estimate of drug-likeness (QED) is 0.774. The van der Waals surface area contributed by atoms with Crippen molar-refractivity contribution in [2.75, 3.05) is 6.54 Å². The number of hydrogen-bond acceptors (Lipinski definition) is 5. The Bertz CT molecular complexity index is 745. The lowest BCUT2D eigenvalue weighted by molar-refractivity contribution is -0.136. The summed E-state index contributed by atoms with van der Waals surface area (Å²) in [5, 5.41) is 7.83. The molecule has 6 nitrogen and oxygen atoms in total. The van der Waals surface area contributed by atoms with E-state index in [9.17, 15) is 13.2 Å². The van der Waals surface area contributed by atoms with E-state index >= 15 is 0 Å². The van der Waals surface area contributed by atoms with Crippen molar-refractivity contribution in [1.82, 2.24) is 0 Å². The topological polar surface area (TPSA) is 107 Å². The number of carboxylic acid groups (broad SMARTS) is 1. The van der Waals surface area contributed by atoms with Gasteiger partial charge in [0.2, 0.25) is 0 Å². The van der Waals surface area contributed by atoms with E-state index in [0.717, 1.165) is 5.56 Å². The molecule has 0 spiro atoms. The third-order valence-corrected chi connectivity index (χ3v) is 4.37. The van der Waals surface area contributed by atoms with Gasteiger partial charge in [0.1, 0.15) is 0 Å². The van der Waals surface area contributed by atoms with Crippen LogP contribution in [0.4, 0.5) is 0 Å². The number of benzene rings is 2. The van der Waals surface area contributed by atoms with Crippen molar-refractivity contribution in [1.29, 1.82) is 0 Å². The van der Waals surface area contributed by atoms with Gasteiger partial charge in [0, 0.05) is 6.54 Å².